The fourth-order valence-corrected chi connectivity index (χ4v) is 6.02. The molecule has 1 amide bonds. The van der Waals surface area contributed by atoms with Crippen LogP contribution in [0.5, 0.6) is 0 Å². The van der Waals surface area contributed by atoms with E-state index in [0.717, 1.165) is 37.4 Å². The van der Waals surface area contributed by atoms with Crippen LogP contribution in [0.25, 0.3) is 22.2 Å². The van der Waals surface area contributed by atoms with E-state index < -0.39 is 6.09 Å². The maximum atomic E-state index is 14.0. The molecular weight excluding hydrogens is 542 g/mol. The van der Waals surface area contributed by atoms with Gasteiger partial charge in [-0.15, -0.1) is 0 Å². The molecule has 0 aliphatic carbocycles. The van der Waals surface area contributed by atoms with Crippen LogP contribution in [0, 0.1) is 6.92 Å². The highest BCUT2D eigenvalue weighted by molar-refractivity contribution is 6.33. The predicted octanol–water partition coefficient (Wildman–Crippen LogP) is 4.84. The lowest BCUT2D eigenvalue weighted by atomic mass is 10.1. The number of pyridine rings is 1. The van der Waals surface area contributed by atoms with Gasteiger partial charge in [-0.2, -0.15) is 4.98 Å². The zero-order chi connectivity index (χ0) is 28.7. The monoisotopic (exact) mass is 573 g/mol. The number of aryl methyl sites for hydroxylation is 1. The Kier molecular flexibility index (Phi) is 7.27. The summed E-state index contributed by atoms with van der Waals surface area (Å²) in [5.41, 5.74) is 4.44. The second-order valence-corrected chi connectivity index (χ2v) is 11.2. The molecule has 4 heterocycles. The minimum atomic E-state index is -1.00. The van der Waals surface area contributed by atoms with Crippen LogP contribution in [0.1, 0.15) is 18.0 Å². The number of halogens is 1. The predicted molar refractivity (Wildman–Crippen MR) is 162 cm³/mol. The molecule has 2 fully saturated rings. The van der Waals surface area contributed by atoms with E-state index in [4.69, 9.17) is 16.6 Å². The Balaban J connectivity index is 1.38. The number of anilines is 3. The lowest BCUT2D eigenvalue weighted by molar-refractivity contribution is 0.154. The molecule has 212 valence electrons. The topological polar surface area (TPSA) is 107 Å². The van der Waals surface area contributed by atoms with Crippen LogP contribution in [-0.4, -0.2) is 81.9 Å². The van der Waals surface area contributed by atoms with Gasteiger partial charge < -0.3 is 25.1 Å². The summed E-state index contributed by atoms with van der Waals surface area (Å²) < 4.78 is 1.62. The van der Waals surface area contributed by atoms with Crippen molar-refractivity contribution in [1.82, 2.24) is 24.3 Å². The van der Waals surface area contributed by atoms with Crippen molar-refractivity contribution < 1.29 is 9.90 Å². The van der Waals surface area contributed by atoms with E-state index in [1.165, 1.54) is 10.6 Å². The van der Waals surface area contributed by atoms with Crippen molar-refractivity contribution in [3.05, 3.63) is 75.7 Å². The van der Waals surface area contributed by atoms with E-state index in [2.05, 4.69) is 46.2 Å². The molecule has 2 aliphatic heterocycles. The molecule has 2 saturated heterocycles. The summed E-state index contributed by atoms with van der Waals surface area (Å²) in [5.74, 6) is 0.357. The summed E-state index contributed by atoms with van der Waals surface area (Å²) in [6.07, 6.45) is 1.20. The summed E-state index contributed by atoms with van der Waals surface area (Å²) in [6, 6.07) is 14.8. The van der Waals surface area contributed by atoms with Gasteiger partial charge in [0.05, 0.1) is 6.04 Å². The van der Waals surface area contributed by atoms with Crippen molar-refractivity contribution in [2.45, 2.75) is 19.4 Å². The van der Waals surface area contributed by atoms with Gasteiger partial charge in [-0.05, 0) is 56.3 Å². The number of carboxylic acid groups (broad SMARTS) is 1. The minimum absolute atomic E-state index is 0.204. The Morgan fingerprint density at radius 1 is 1.05 bits per heavy atom. The number of rotatable bonds is 5. The maximum Gasteiger partial charge on any atom is 0.407 e. The fraction of sp³-hybridized carbons (Fsp3) is 0.333. The number of likely N-dealkylation sites (tertiary alicyclic amines) is 1. The summed E-state index contributed by atoms with van der Waals surface area (Å²) in [7, 11) is 2.15. The molecule has 0 unspecified atom stereocenters. The third kappa shape index (κ3) is 5.32. The van der Waals surface area contributed by atoms with Gasteiger partial charge in [0.15, 0.2) is 0 Å². The van der Waals surface area contributed by atoms with Crippen molar-refractivity contribution in [3.8, 4) is 11.1 Å². The first kappa shape index (κ1) is 27.0. The Hall–Kier alpha value is -4.15. The van der Waals surface area contributed by atoms with Crippen LogP contribution in [0.4, 0.5) is 22.1 Å². The van der Waals surface area contributed by atoms with E-state index in [0.29, 0.717) is 46.1 Å². The number of nitrogens with one attached hydrogen (secondary N) is 1. The normalized spacial score (nSPS) is 17.8. The summed E-state index contributed by atoms with van der Waals surface area (Å²) in [4.78, 5) is 41.0. The molecule has 0 radical (unpaired) electrons. The molecule has 0 spiro atoms. The third-order valence-corrected chi connectivity index (χ3v) is 8.36. The van der Waals surface area contributed by atoms with E-state index in [9.17, 15) is 14.7 Å². The lowest BCUT2D eigenvalue weighted by Crippen LogP contribution is -2.44. The van der Waals surface area contributed by atoms with Crippen LogP contribution in [0.2, 0.25) is 5.02 Å². The van der Waals surface area contributed by atoms with Crippen LogP contribution >= 0.6 is 11.6 Å². The van der Waals surface area contributed by atoms with E-state index >= 15 is 0 Å². The van der Waals surface area contributed by atoms with Gasteiger partial charge in [0.25, 0.3) is 5.56 Å². The van der Waals surface area contributed by atoms with Crippen LogP contribution in [0.15, 0.2) is 59.5 Å². The Labute approximate surface area is 242 Å². The summed E-state index contributed by atoms with van der Waals surface area (Å²) >= 11 is 6.47. The molecule has 6 rings (SSSR count). The highest BCUT2D eigenvalue weighted by atomic mass is 35.5. The molecule has 10 nitrogen and oxygen atoms in total. The van der Waals surface area contributed by atoms with Crippen LogP contribution in [-0.2, 0) is 0 Å². The fourth-order valence-electron chi connectivity index (χ4n) is 5.78. The lowest BCUT2D eigenvalue weighted by Gasteiger charge is -2.35. The van der Waals surface area contributed by atoms with E-state index in [1.807, 2.05) is 18.2 Å². The molecule has 2 N–H and O–H groups in total. The molecule has 4 aromatic rings. The second kappa shape index (κ2) is 11.0. The number of aromatic nitrogens is 3. The first-order valence-corrected chi connectivity index (χ1v) is 14.1. The van der Waals surface area contributed by atoms with Gasteiger partial charge in [-0.25, -0.2) is 9.78 Å². The number of piperazine rings is 1. The van der Waals surface area contributed by atoms with Crippen molar-refractivity contribution in [3.63, 3.8) is 0 Å². The number of hydrogen-bond donors (Lipinski definition) is 2. The van der Waals surface area contributed by atoms with Crippen LogP contribution < -0.4 is 15.8 Å². The molecule has 2 aromatic carbocycles. The molecule has 2 aromatic heterocycles. The second-order valence-electron chi connectivity index (χ2n) is 10.8. The average molecular weight is 574 g/mol. The SMILES string of the molecule is Cc1cc(Nc2ncc3cc(-c4ccccc4Cl)c(=O)n([C@H]4CCN(C(=O)O)C4)c3n2)ccc1N1CCN(C)CC1. The van der Waals surface area contributed by atoms with Gasteiger partial charge in [-0.1, -0.05) is 29.8 Å². The van der Waals surface area contributed by atoms with Crippen molar-refractivity contribution in [1.29, 1.82) is 0 Å². The van der Waals surface area contributed by atoms with Gasteiger partial charge in [0, 0.05) is 78.4 Å². The first-order valence-electron chi connectivity index (χ1n) is 13.7. The quantitative estimate of drug-likeness (QED) is 0.349. The molecular formula is C30H32ClN7O3. The number of fused-ring (bicyclic) bond motifs is 1. The Morgan fingerprint density at radius 2 is 1.83 bits per heavy atom. The van der Waals surface area contributed by atoms with Gasteiger partial charge in [0.1, 0.15) is 5.65 Å². The number of hydrogen-bond acceptors (Lipinski definition) is 7. The molecule has 0 bridgehead atoms. The Bertz CT molecular complexity index is 1680. The number of nitrogens with zero attached hydrogens (tertiary/aromatic N) is 6. The molecule has 2 aliphatic rings. The number of benzene rings is 2. The zero-order valence-corrected chi connectivity index (χ0v) is 23.8. The van der Waals surface area contributed by atoms with Gasteiger partial charge >= 0.3 is 6.09 Å². The Morgan fingerprint density at radius 3 is 2.54 bits per heavy atom. The van der Waals surface area contributed by atoms with Gasteiger partial charge in [-0.3, -0.25) is 9.36 Å². The molecule has 0 saturated carbocycles. The number of carbonyl (C=O) groups is 1. The highest BCUT2D eigenvalue weighted by Crippen LogP contribution is 2.31. The van der Waals surface area contributed by atoms with Gasteiger partial charge in [0.2, 0.25) is 5.95 Å². The van der Waals surface area contributed by atoms with Crippen molar-refractivity contribution >= 4 is 46.1 Å². The van der Waals surface area contributed by atoms with Crippen molar-refractivity contribution in [2.75, 3.05) is 56.5 Å². The largest absolute Gasteiger partial charge is 0.465 e. The summed E-state index contributed by atoms with van der Waals surface area (Å²) in [5, 5.41) is 14.0. The van der Waals surface area contributed by atoms with E-state index in [1.54, 1.807) is 29.0 Å². The van der Waals surface area contributed by atoms with E-state index in [-0.39, 0.29) is 18.1 Å². The maximum absolute atomic E-state index is 14.0. The molecule has 11 heteroatoms. The van der Waals surface area contributed by atoms with Crippen LogP contribution in [0.3, 0.4) is 0 Å². The standard InChI is InChI=1S/C30H32ClN7O3/c1-19-15-21(7-8-26(19)36-13-11-35(2)12-14-36)33-29-32-17-20-16-24(23-5-3-4-6-25(23)31)28(39)38(27(20)34-29)22-9-10-37(18-22)30(40)41/h3-8,15-17,22H,9-14,18H2,1-2H3,(H,40,41)(H,32,33,34)/t22-/m0/s1. The average Bonchev–Trinajstić information content (AvgIpc) is 3.44. The number of likely N-dealkylation sites (N-methyl/N-ethyl adjacent to an activating group) is 1. The minimum Gasteiger partial charge on any atom is -0.465 e. The zero-order valence-electron chi connectivity index (χ0n) is 23.0. The third-order valence-electron chi connectivity index (χ3n) is 8.03. The number of amides is 1. The first-order chi connectivity index (χ1) is 19.8. The summed E-state index contributed by atoms with van der Waals surface area (Å²) in [6.45, 7) is 6.71. The smallest absolute Gasteiger partial charge is 0.407 e. The highest BCUT2D eigenvalue weighted by Gasteiger charge is 2.30. The molecule has 41 heavy (non-hydrogen) atoms. The molecule has 1 atom stereocenters. The van der Waals surface area contributed by atoms with Crippen molar-refractivity contribution in [2.24, 2.45) is 0 Å².